The summed E-state index contributed by atoms with van der Waals surface area (Å²) in [6.07, 6.45) is 1.90. The molecule has 1 saturated heterocycles. The minimum absolute atomic E-state index is 0.107. The Labute approximate surface area is 138 Å². The van der Waals surface area contributed by atoms with E-state index in [0.29, 0.717) is 6.61 Å². The lowest BCUT2D eigenvalue weighted by Crippen LogP contribution is -2.49. The monoisotopic (exact) mass is 318 g/mol. The van der Waals surface area contributed by atoms with Gasteiger partial charge in [0.05, 0.1) is 6.61 Å². The molecular formula is C18H26N2O3. The minimum Gasteiger partial charge on any atom is -0.450 e. The van der Waals surface area contributed by atoms with Gasteiger partial charge in [0, 0.05) is 31.7 Å². The van der Waals surface area contributed by atoms with Crippen molar-refractivity contribution in [3.05, 3.63) is 35.4 Å². The van der Waals surface area contributed by atoms with Gasteiger partial charge in [0.15, 0.2) is 5.78 Å². The highest BCUT2D eigenvalue weighted by Gasteiger charge is 2.21. The molecule has 2 rings (SSSR count). The molecule has 5 nitrogen and oxygen atoms in total. The molecule has 0 unspecified atom stereocenters. The average molecular weight is 318 g/mol. The van der Waals surface area contributed by atoms with Crippen LogP contribution in [-0.4, -0.2) is 61.0 Å². The second kappa shape index (κ2) is 8.67. The molecule has 0 radical (unpaired) electrons. The number of hydrogen-bond donors (Lipinski definition) is 0. The van der Waals surface area contributed by atoms with E-state index in [2.05, 4.69) is 4.90 Å². The fourth-order valence-corrected chi connectivity index (χ4v) is 2.78. The predicted molar refractivity (Wildman–Crippen MR) is 89.8 cm³/mol. The Balaban J connectivity index is 1.67. The van der Waals surface area contributed by atoms with E-state index < -0.39 is 0 Å². The molecule has 1 amide bonds. The van der Waals surface area contributed by atoms with Crippen LogP contribution < -0.4 is 0 Å². The Morgan fingerprint density at radius 2 is 1.74 bits per heavy atom. The van der Waals surface area contributed by atoms with E-state index in [9.17, 15) is 9.59 Å². The number of ether oxygens (including phenoxy) is 1. The zero-order chi connectivity index (χ0) is 16.7. The summed E-state index contributed by atoms with van der Waals surface area (Å²) in [7, 11) is 0. The summed E-state index contributed by atoms with van der Waals surface area (Å²) in [5.74, 6) is 0.107. The van der Waals surface area contributed by atoms with Crippen LogP contribution in [0.15, 0.2) is 24.3 Å². The van der Waals surface area contributed by atoms with Gasteiger partial charge in [-0.15, -0.1) is 0 Å². The molecule has 1 aliphatic heterocycles. The van der Waals surface area contributed by atoms with Gasteiger partial charge in [0.2, 0.25) is 0 Å². The van der Waals surface area contributed by atoms with Gasteiger partial charge in [-0.1, -0.05) is 24.3 Å². The predicted octanol–water partition coefficient (Wildman–Crippen LogP) is 2.60. The molecule has 0 atom stereocenters. The minimum atomic E-state index is -0.197. The van der Waals surface area contributed by atoms with Gasteiger partial charge in [-0.3, -0.25) is 9.69 Å². The van der Waals surface area contributed by atoms with Crippen LogP contribution in [0.2, 0.25) is 0 Å². The van der Waals surface area contributed by atoms with Crippen LogP contribution in [0.25, 0.3) is 0 Å². The Morgan fingerprint density at radius 1 is 1.09 bits per heavy atom. The van der Waals surface area contributed by atoms with Gasteiger partial charge in [0.25, 0.3) is 0 Å². The van der Waals surface area contributed by atoms with Crippen LogP contribution in [0.5, 0.6) is 0 Å². The van der Waals surface area contributed by atoms with Crippen molar-refractivity contribution in [3.63, 3.8) is 0 Å². The van der Waals surface area contributed by atoms with Crippen molar-refractivity contribution in [2.75, 3.05) is 39.3 Å². The summed E-state index contributed by atoms with van der Waals surface area (Å²) >= 11 is 0. The topological polar surface area (TPSA) is 49.9 Å². The molecule has 1 fully saturated rings. The van der Waals surface area contributed by atoms with Crippen LogP contribution in [0.1, 0.15) is 36.2 Å². The fourth-order valence-electron chi connectivity index (χ4n) is 2.78. The second-order valence-corrected chi connectivity index (χ2v) is 5.88. The maximum Gasteiger partial charge on any atom is 0.409 e. The number of aryl methyl sites for hydroxylation is 1. The van der Waals surface area contributed by atoms with E-state index in [1.165, 1.54) is 5.56 Å². The van der Waals surface area contributed by atoms with Crippen molar-refractivity contribution in [2.45, 2.75) is 26.7 Å². The summed E-state index contributed by atoms with van der Waals surface area (Å²) < 4.78 is 5.03. The molecule has 5 heteroatoms. The van der Waals surface area contributed by atoms with E-state index in [1.54, 1.807) is 11.8 Å². The molecule has 1 heterocycles. The summed E-state index contributed by atoms with van der Waals surface area (Å²) in [5, 5.41) is 0. The van der Waals surface area contributed by atoms with E-state index >= 15 is 0 Å². The molecule has 0 aromatic heterocycles. The summed E-state index contributed by atoms with van der Waals surface area (Å²) in [6.45, 7) is 8.18. The molecule has 0 saturated carbocycles. The Hall–Kier alpha value is -1.88. The highest BCUT2D eigenvalue weighted by molar-refractivity contribution is 5.93. The summed E-state index contributed by atoms with van der Waals surface area (Å²) in [4.78, 5) is 27.1. The molecule has 1 aliphatic rings. The molecule has 1 aromatic carbocycles. The smallest absolute Gasteiger partial charge is 0.409 e. The van der Waals surface area contributed by atoms with E-state index in [-0.39, 0.29) is 11.9 Å². The second-order valence-electron chi connectivity index (χ2n) is 5.88. The third-order valence-corrected chi connectivity index (χ3v) is 4.20. The average Bonchev–Trinajstić information content (AvgIpc) is 2.56. The molecule has 0 spiro atoms. The number of amides is 1. The van der Waals surface area contributed by atoms with Gasteiger partial charge >= 0.3 is 6.09 Å². The van der Waals surface area contributed by atoms with Crippen LogP contribution >= 0.6 is 0 Å². The molecular weight excluding hydrogens is 292 g/mol. The lowest BCUT2D eigenvalue weighted by atomic mass is 10.1. The maximum absolute atomic E-state index is 11.6. The van der Waals surface area contributed by atoms with Crippen LogP contribution in [-0.2, 0) is 11.2 Å². The lowest BCUT2D eigenvalue weighted by molar-refractivity contribution is 0.0794. The zero-order valence-corrected chi connectivity index (χ0v) is 14.1. The van der Waals surface area contributed by atoms with E-state index in [0.717, 1.165) is 51.1 Å². The van der Waals surface area contributed by atoms with Gasteiger partial charge in [-0.05, 0) is 38.8 Å². The Bertz CT molecular complexity index is 520. The number of rotatable bonds is 6. The number of carbonyl (C=O) groups excluding carboxylic acids is 2. The first-order valence-electron chi connectivity index (χ1n) is 8.34. The van der Waals surface area contributed by atoms with Crippen molar-refractivity contribution in [1.82, 2.24) is 9.80 Å². The largest absolute Gasteiger partial charge is 0.450 e. The Morgan fingerprint density at radius 3 is 2.30 bits per heavy atom. The highest BCUT2D eigenvalue weighted by atomic mass is 16.6. The number of Topliss-reactive ketones (excluding diaryl/α,β-unsaturated/α-hetero) is 1. The third-order valence-electron chi connectivity index (χ3n) is 4.20. The molecule has 23 heavy (non-hydrogen) atoms. The van der Waals surface area contributed by atoms with E-state index in [1.807, 2.05) is 31.2 Å². The number of benzene rings is 1. The summed E-state index contributed by atoms with van der Waals surface area (Å²) in [6, 6.07) is 7.87. The first kappa shape index (κ1) is 17.5. The number of carbonyl (C=O) groups is 2. The number of nitrogens with zero attached hydrogens (tertiary/aromatic N) is 2. The van der Waals surface area contributed by atoms with Crippen LogP contribution in [0.4, 0.5) is 4.79 Å². The molecule has 1 aromatic rings. The Kier molecular flexibility index (Phi) is 6.59. The lowest BCUT2D eigenvalue weighted by Gasteiger charge is -2.34. The fraction of sp³-hybridized carbons (Fsp3) is 0.556. The van der Waals surface area contributed by atoms with E-state index in [4.69, 9.17) is 4.74 Å². The third kappa shape index (κ3) is 5.36. The zero-order valence-electron chi connectivity index (χ0n) is 14.1. The van der Waals surface area contributed by atoms with Crippen molar-refractivity contribution in [3.8, 4) is 0 Å². The van der Waals surface area contributed by atoms with Crippen molar-refractivity contribution in [1.29, 1.82) is 0 Å². The molecule has 0 bridgehead atoms. The standard InChI is InChI=1S/C18H26N2O3/c1-3-23-18(22)20-13-11-19(12-14-20)10-4-5-16-6-8-17(9-7-16)15(2)21/h6-9H,3-5,10-14H2,1-2H3. The normalized spacial score (nSPS) is 15.5. The number of ketones is 1. The van der Waals surface area contributed by atoms with Crippen molar-refractivity contribution < 1.29 is 14.3 Å². The highest BCUT2D eigenvalue weighted by Crippen LogP contribution is 2.09. The first-order chi connectivity index (χ1) is 11.1. The van der Waals surface area contributed by atoms with Crippen molar-refractivity contribution >= 4 is 11.9 Å². The van der Waals surface area contributed by atoms with Crippen LogP contribution in [0.3, 0.4) is 0 Å². The maximum atomic E-state index is 11.6. The number of hydrogen-bond acceptors (Lipinski definition) is 4. The summed E-state index contributed by atoms with van der Waals surface area (Å²) in [5.41, 5.74) is 2.03. The van der Waals surface area contributed by atoms with Crippen LogP contribution in [0, 0.1) is 0 Å². The quantitative estimate of drug-likeness (QED) is 0.757. The molecule has 0 N–H and O–H groups in total. The SMILES string of the molecule is CCOC(=O)N1CCN(CCCc2ccc(C(C)=O)cc2)CC1. The number of piperazine rings is 1. The van der Waals surface area contributed by atoms with Crippen molar-refractivity contribution in [2.24, 2.45) is 0 Å². The molecule has 0 aliphatic carbocycles. The first-order valence-corrected chi connectivity index (χ1v) is 8.34. The van der Waals surface area contributed by atoms with Gasteiger partial charge in [-0.2, -0.15) is 0 Å². The van der Waals surface area contributed by atoms with Gasteiger partial charge < -0.3 is 9.64 Å². The van der Waals surface area contributed by atoms with Gasteiger partial charge in [-0.25, -0.2) is 4.79 Å². The molecule has 126 valence electrons. The van der Waals surface area contributed by atoms with Gasteiger partial charge in [0.1, 0.15) is 0 Å².